The van der Waals surface area contributed by atoms with Crippen LogP contribution in [0.5, 0.6) is 0 Å². The number of unbranched alkanes of at least 4 members (excludes halogenated alkanes) is 3. The van der Waals surface area contributed by atoms with Gasteiger partial charge in [0.25, 0.3) is 0 Å². The maximum atomic E-state index is 6.05. The van der Waals surface area contributed by atoms with Gasteiger partial charge in [0.15, 0.2) is 0 Å². The third-order valence-electron chi connectivity index (χ3n) is 2.53. The molecular weight excluding hydrogens is 261 g/mol. The minimum absolute atomic E-state index is 0.798. The Morgan fingerprint density at radius 3 is 2.56 bits per heavy atom. The molecule has 0 aliphatic rings. The molecule has 1 heterocycles. The maximum Gasteiger partial charge on any atom is 0.0976 e. The zero-order chi connectivity index (χ0) is 11.8. The Balaban J connectivity index is 2.05. The van der Waals surface area contributed by atoms with E-state index in [1.54, 1.807) is 0 Å². The number of nitrogens with one attached hydrogen (secondary N) is 1. The van der Waals surface area contributed by atoms with Crippen LogP contribution in [0.4, 0.5) is 0 Å². The molecule has 0 aromatic carbocycles. The van der Waals surface area contributed by atoms with Crippen molar-refractivity contribution in [3.05, 3.63) is 20.3 Å². The van der Waals surface area contributed by atoms with E-state index >= 15 is 0 Å². The highest BCUT2D eigenvalue weighted by molar-refractivity contribution is 7.20. The van der Waals surface area contributed by atoms with Crippen molar-refractivity contribution in [1.29, 1.82) is 0 Å². The van der Waals surface area contributed by atoms with Crippen molar-refractivity contribution in [1.82, 2.24) is 5.32 Å². The summed E-state index contributed by atoms with van der Waals surface area (Å²) >= 11 is 13.4. The highest BCUT2D eigenvalue weighted by Crippen LogP contribution is 2.32. The molecule has 0 aliphatic carbocycles. The van der Waals surface area contributed by atoms with Crippen molar-refractivity contribution in [2.24, 2.45) is 0 Å². The van der Waals surface area contributed by atoms with Gasteiger partial charge in [-0.15, -0.1) is 11.3 Å². The SMILES string of the molecule is CCNCCCCCCc1cc(Cl)sc1Cl. The Morgan fingerprint density at radius 1 is 1.19 bits per heavy atom. The molecule has 4 heteroatoms. The Morgan fingerprint density at radius 2 is 1.94 bits per heavy atom. The molecule has 1 N–H and O–H groups in total. The van der Waals surface area contributed by atoms with E-state index in [1.165, 1.54) is 42.6 Å². The first-order valence-corrected chi connectivity index (χ1v) is 7.45. The molecule has 1 rings (SSSR count). The quantitative estimate of drug-likeness (QED) is 0.676. The van der Waals surface area contributed by atoms with Crippen LogP contribution >= 0.6 is 34.5 Å². The molecule has 0 unspecified atom stereocenters. The molecule has 1 aromatic heterocycles. The van der Waals surface area contributed by atoms with Gasteiger partial charge in [0.05, 0.1) is 8.67 Å². The number of hydrogen-bond donors (Lipinski definition) is 1. The molecule has 0 saturated carbocycles. The van der Waals surface area contributed by atoms with Gasteiger partial charge in [-0.3, -0.25) is 0 Å². The molecule has 0 aliphatic heterocycles. The summed E-state index contributed by atoms with van der Waals surface area (Å²) < 4.78 is 1.66. The molecule has 0 radical (unpaired) electrons. The maximum absolute atomic E-state index is 6.05. The van der Waals surface area contributed by atoms with Gasteiger partial charge in [0.1, 0.15) is 0 Å². The van der Waals surface area contributed by atoms with E-state index in [4.69, 9.17) is 23.2 Å². The fourth-order valence-corrected chi connectivity index (χ4v) is 3.19. The van der Waals surface area contributed by atoms with E-state index in [2.05, 4.69) is 12.2 Å². The summed E-state index contributed by atoms with van der Waals surface area (Å²) in [5.41, 5.74) is 1.21. The molecular formula is C12H19Cl2NS. The lowest BCUT2D eigenvalue weighted by Gasteiger charge is -2.02. The van der Waals surface area contributed by atoms with Crippen molar-refractivity contribution >= 4 is 34.5 Å². The lowest BCUT2D eigenvalue weighted by molar-refractivity contribution is 0.598. The van der Waals surface area contributed by atoms with Crippen LogP contribution in [0.15, 0.2) is 6.07 Å². The van der Waals surface area contributed by atoms with E-state index < -0.39 is 0 Å². The predicted molar refractivity (Wildman–Crippen MR) is 75.1 cm³/mol. The molecule has 0 fully saturated rings. The van der Waals surface area contributed by atoms with Gasteiger partial charge in [-0.1, -0.05) is 43.0 Å². The van der Waals surface area contributed by atoms with Crippen LogP contribution in [-0.4, -0.2) is 13.1 Å². The summed E-state index contributed by atoms with van der Waals surface area (Å²) in [6, 6.07) is 1.99. The largest absolute Gasteiger partial charge is 0.317 e. The van der Waals surface area contributed by atoms with Crippen LogP contribution in [0.2, 0.25) is 8.67 Å². The minimum Gasteiger partial charge on any atom is -0.317 e. The smallest absolute Gasteiger partial charge is 0.0976 e. The van der Waals surface area contributed by atoms with E-state index in [1.807, 2.05) is 6.07 Å². The molecule has 1 nitrogen and oxygen atoms in total. The number of hydrogen-bond acceptors (Lipinski definition) is 2. The second-order valence-electron chi connectivity index (χ2n) is 3.87. The van der Waals surface area contributed by atoms with Gasteiger partial charge >= 0.3 is 0 Å². The van der Waals surface area contributed by atoms with Crippen LogP contribution < -0.4 is 5.32 Å². The topological polar surface area (TPSA) is 12.0 Å². The second-order valence-corrected chi connectivity index (χ2v) is 6.15. The standard InChI is InChI=1S/C12H19Cl2NS/c1-2-15-8-6-4-3-5-7-10-9-11(13)16-12(10)14/h9,15H,2-8H2,1H3. The van der Waals surface area contributed by atoms with Crippen molar-refractivity contribution < 1.29 is 0 Å². The number of halogens is 2. The van der Waals surface area contributed by atoms with Crippen LogP contribution in [-0.2, 0) is 6.42 Å². The molecule has 0 bridgehead atoms. The van der Waals surface area contributed by atoms with E-state index in [0.29, 0.717) is 0 Å². The van der Waals surface area contributed by atoms with Gasteiger partial charge < -0.3 is 5.32 Å². The second kappa shape index (κ2) is 8.35. The third-order valence-corrected chi connectivity index (χ3v) is 4.10. The van der Waals surface area contributed by atoms with Crippen LogP contribution in [0.3, 0.4) is 0 Å². The van der Waals surface area contributed by atoms with Crippen LogP contribution in [0.1, 0.15) is 38.2 Å². The average molecular weight is 280 g/mol. The van der Waals surface area contributed by atoms with Crippen LogP contribution in [0, 0.1) is 0 Å². The summed E-state index contributed by atoms with van der Waals surface area (Å²) in [6.07, 6.45) is 6.10. The summed E-state index contributed by atoms with van der Waals surface area (Å²) in [6.45, 7) is 4.35. The molecule has 0 atom stereocenters. The Labute approximate surface area is 112 Å². The van der Waals surface area contributed by atoms with Gasteiger partial charge in [0, 0.05) is 0 Å². The molecule has 0 amide bonds. The third kappa shape index (κ3) is 5.53. The molecule has 92 valence electrons. The van der Waals surface area contributed by atoms with E-state index in [0.717, 1.165) is 28.2 Å². The summed E-state index contributed by atoms with van der Waals surface area (Å²) in [5.74, 6) is 0. The highest BCUT2D eigenvalue weighted by Gasteiger charge is 2.04. The zero-order valence-corrected chi connectivity index (χ0v) is 12.0. The summed E-state index contributed by atoms with van der Waals surface area (Å²) in [7, 11) is 0. The fraction of sp³-hybridized carbons (Fsp3) is 0.667. The molecule has 16 heavy (non-hydrogen) atoms. The fourth-order valence-electron chi connectivity index (χ4n) is 1.64. The van der Waals surface area contributed by atoms with Crippen molar-refractivity contribution in [3.63, 3.8) is 0 Å². The average Bonchev–Trinajstić information content (AvgIpc) is 2.56. The van der Waals surface area contributed by atoms with Gasteiger partial charge in [0.2, 0.25) is 0 Å². The first kappa shape index (κ1) is 14.3. The van der Waals surface area contributed by atoms with Gasteiger partial charge in [-0.25, -0.2) is 0 Å². The lowest BCUT2D eigenvalue weighted by atomic mass is 10.1. The first-order chi connectivity index (χ1) is 7.74. The number of aryl methyl sites for hydroxylation is 1. The first-order valence-electron chi connectivity index (χ1n) is 5.88. The van der Waals surface area contributed by atoms with Gasteiger partial charge in [-0.2, -0.15) is 0 Å². The van der Waals surface area contributed by atoms with Crippen molar-refractivity contribution in [2.45, 2.75) is 39.0 Å². The number of thiophene rings is 1. The minimum atomic E-state index is 0.798. The highest BCUT2D eigenvalue weighted by atomic mass is 35.5. The predicted octanol–water partition coefficient (Wildman–Crippen LogP) is 4.77. The normalized spacial score (nSPS) is 10.9. The molecule has 0 spiro atoms. The zero-order valence-electron chi connectivity index (χ0n) is 9.69. The Kier molecular flexibility index (Phi) is 7.46. The molecule has 1 aromatic rings. The van der Waals surface area contributed by atoms with Crippen LogP contribution in [0.25, 0.3) is 0 Å². The molecule has 0 saturated heterocycles. The Hall–Kier alpha value is 0.240. The Bertz CT molecular complexity index is 299. The van der Waals surface area contributed by atoms with E-state index in [9.17, 15) is 0 Å². The summed E-state index contributed by atoms with van der Waals surface area (Å²) in [4.78, 5) is 0. The van der Waals surface area contributed by atoms with E-state index in [-0.39, 0.29) is 0 Å². The monoisotopic (exact) mass is 279 g/mol. The van der Waals surface area contributed by atoms with Crippen molar-refractivity contribution in [3.8, 4) is 0 Å². The lowest BCUT2D eigenvalue weighted by Crippen LogP contribution is -2.13. The number of rotatable bonds is 8. The van der Waals surface area contributed by atoms with Crippen molar-refractivity contribution in [2.75, 3.05) is 13.1 Å². The summed E-state index contributed by atoms with van der Waals surface area (Å²) in [5, 5.41) is 3.33. The van der Waals surface area contributed by atoms with Gasteiger partial charge in [-0.05, 0) is 44.0 Å².